The molecule has 1 N–H and O–H groups in total. The van der Waals surface area contributed by atoms with Crippen molar-refractivity contribution in [1.29, 1.82) is 0 Å². The SMILES string of the molecule is COC(=O)CCNC1CC=CCC1. The third-order valence-electron chi connectivity index (χ3n) is 2.26. The Morgan fingerprint density at radius 1 is 1.62 bits per heavy atom. The first kappa shape index (κ1) is 10.3. The molecule has 74 valence electrons. The van der Waals surface area contributed by atoms with Crippen molar-refractivity contribution in [3.63, 3.8) is 0 Å². The van der Waals surface area contributed by atoms with Gasteiger partial charge in [-0.3, -0.25) is 4.79 Å². The maximum absolute atomic E-state index is 10.8. The third-order valence-corrected chi connectivity index (χ3v) is 2.26. The van der Waals surface area contributed by atoms with Gasteiger partial charge < -0.3 is 10.1 Å². The predicted octanol–water partition coefficient (Wildman–Crippen LogP) is 1.25. The highest BCUT2D eigenvalue weighted by molar-refractivity contribution is 5.69. The Kier molecular flexibility index (Phi) is 4.54. The van der Waals surface area contributed by atoms with Gasteiger partial charge in [0.15, 0.2) is 0 Å². The van der Waals surface area contributed by atoms with Gasteiger partial charge in [-0.15, -0.1) is 0 Å². The van der Waals surface area contributed by atoms with E-state index in [0.29, 0.717) is 12.5 Å². The highest BCUT2D eigenvalue weighted by Crippen LogP contribution is 2.09. The molecule has 3 nitrogen and oxygen atoms in total. The monoisotopic (exact) mass is 183 g/mol. The first-order chi connectivity index (χ1) is 6.33. The molecular formula is C10H17NO2. The van der Waals surface area contributed by atoms with E-state index in [0.717, 1.165) is 19.4 Å². The lowest BCUT2D eigenvalue weighted by molar-refractivity contribution is -0.140. The van der Waals surface area contributed by atoms with Crippen LogP contribution in [0.5, 0.6) is 0 Å². The maximum atomic E-state index is 10.8. The van der Waals surface area contributed by atoms with Gasteiger partial charge >= 0.3 is 5.97 Å². The van der Waals surface area contributed by atoms with E-state index in [2.05, 4.69) is 22.2 Å². The summed E-state index contributed by atoms with van der Waals surface area (Å²) >= 11 is 0. The lowest BCUT2D eigenvalue weighted by Crippen LogP contribution is -2.31. The zero-order valence-electron chi connectivity index (χ0n) is 8.08. The number of esters is 1. The normalized spacial score (nSPS) is 21.5. The van der Waals surface area contributed by atoms with Crippen molar-refractivity contribution in [3.8, 4) is 0 Å². The standard InChI is InChI=1S/C10H17NO2/c1-13-10(12)7-8-11-9-5-3-2-4-6-9/h2-3,9,11H,4-8H2,1H3. The molecule has 0 bridgehead atoms. The second kappa shape index (κ2) is 5.75. The number of allylic oxidation sites excluding steroid dienone is 1. The molecule has 1 aliphatic carbocycles. The molecule has 1 atom stereocenters. The van der Waals surface area contributed by atoms with Crippen molar-refractivity contribution in [2.45, 2.75) is 31.7 Å². The predicted molar refractivity (Wildman–Crippen MR) is 51.4 cm³/mol. The van der Waals surface area contributed by atoms with E-state index in [9.17, 15) is 4.79 Å². The van der Waals surface area contributed by atoms with Gasteiger partial charge in [-0.25, -0.2) is 0 Å². The maximum Gasteiger partial charge on any atom is 0.306 e. The minimum absolute atomic E-state index is 0.140. The molecule has 3 heteroatoms. The van der Waals surface area contributed by atoms with Crippen LogP contribution in [0.3, 0.4) is 0 Å². The molecule has 0 aliphatic heterocycles. The lowest BCUT2D eigenvalue weighted by Gasteiger charge is -2.18. The summed E-state index contributed by atoms with van der Waals surface area (Å²) < 4.78 is 4.55. The molecule has 0 saturated heterocycles. The number of ether oxygens (including phenoxy) is 1. The topological polar surface area (TPSA) is 38.3 Å². The molecule has 0 saturated carbocycles. The van der Waals surface area contributed by atoms with Crippen LogP contribution in [0.25, 0.3) is 0 Å². The minimum Gasteiger partial charge on any atom is -0.469 e. The van der Waals surface area contributed by atoms with Gasteiger partial charge in [0, 0.05) is 12.6 Å². The summed E-state index contributed by atoms with van der Waals surface area (Å²) in [4.78, 5) is 10.8. The molecule has 0 aromatic heterocycles. The number of carbonyl (C=O) groups is 1. The fourth-order valence-electron chi connectivity index (χ4n) is 1.46. The van der Waals surface area contributed by atoms with Crippen LogP contribution in [0.4, 0.5) is 0 Å². The zero-order chi connectivity index (χ0) is 9.52. The first-order valence-electron chi connectivity index (χ1n) is 4.78. The molecule has 1 rings (SSSR count). The van der Waals surface area contributed by atoms with Crippen molar-refractivity contribution in [2.24, 2.45) is 0 Å². The zero-order valence-corrected chi connectivity index (χ0v) is 8.08. The Labute approximate surface area is 79.2 Å². The second-order valence-electron chi connectivity index (χ2n) is 3.26. The molecule has 13 heavy (non-hydrogen) atoms. The molecular weight excluding hydrogens is 166 g/mol. The smallest absolute Gasteiger partial charge is 0.306 e. The van der Waals surface area contributed by atoms with Crippen molar-refractivity contribution < 1.29 is 9.53 Å². The number of rotatable bonds is 4. The number of hydrogen-bond donors (Lipinski definition) is 1. The van der Waals surface area contributed by atoms with Crippen molar-refractivity contribution >= 4 is 5.97 Å². The van der Waals surface area contributed by atoms with E-state index in [1.165, 1.54) is 13.5 Å². The summed E-state index contributed by atoms with van der Waals surface area (Å²) in [6.45, 7) is 0.727. The highest BCUT2D eigenvalue weighted by atomic mass is 16.5. The first-order valence-corrected chi connectivity index (χ1v) is 4.78. The molecule has 0 fully saturated rings. The Morgan fingerprint density at radius 2 is 2.46 bits per heavy atom. The van der Waals surface area contributed by atoms with Crippen LogP contribution in [-0.4, -0.2) is 25.7 Å². The van der Waals surface area contributed by atoms with Crippen LogP contribution in [0.2, 0.25) is 0 Å². The molecule has 0 aromatic carbocycles. The van der Waals surface area contributed by atoms with E-state index in [-0.39, 0.29) is 5.97 Å². The Morgan fingerprint density at radius 3 is 3.08 bits per heavy atom. The Balaban J connectivity index is 2.05. The number of hydrogen-bond acceptors (Lipinski definition) is 3. The van der Waals surface area contributed by atoms with Crippen LogP contribution < -0.4 is 5.32 Å². The fourth-order valence-corrected chi connectivity index (χ4v) is 1.46. The number of methoxy groups -OCH3 is 1. The van der Waals surface area contributed by atoms with E-state index in [4.69, 9.17) is 0 Å². The minimum atomic E-state index is -0.140. The lowest BCUT2D eigenvalue weighted by atomic mass is 10.0. The van der Waals surface area contributed by atoms with E-state index in [1.807, 2.05) is 0 Å². The van der Waals surface area contributed by atoms with Gasteiger partial charge in [0.2, 0.25) is 0 Å². The summed E-state index contributed by atoms with van der Waals surface area (Å²) in [6, 6.07) is 0.551. The van der Waals surface area contributed by atoms with E-state index >= 15 is 0 Å². The molecule has 0 spiro atoms. The van der Waals surface area contributed by atoms with Gasteiger partial charge in [-0.05, 0) is 19.3 Å². The van der Waals surface area contributed by atoms with Gasteiger partial charge in [-0.2, -0.15) is 0 Å². The largest absolute Gasteiger partial charge is 0.469 e. The van der Waals surface area contributed by atoms with E-state index in [1.54, 1.807) is 0 Å². The van der Waals surface area contributed by atoms with Crippen molar-refractivity contribution in [3.05, 3.63) is 12.2 Å². The van der Waals surface area contributed by atoms with Gasteiger partial charge in [0.1, 0.15) is 0 Å². The molecule has 0 amide bonds. The second-order valence-corrected chi connectivity index (χ2v) is 3.26. The van der Waals surface area contributed by atoms with Gasteiger partial charge in [-0.1, -0.05) is 12.2 Å². The molecule has 0 aromatic rings. The van der Waals surface area contributed by atoms with Gasteiger partial charge in [0.05, 0.1) is 13.5 Å². The number of carbonyl (C=O) groups excluding carboxylic acids is 1. The van der Waals surface area contributed by atoms with Crippen LogP contribution in [0.15, 0.2) is 12.2 Å². The average Bonchev–Trinajstić information content (AvgIpc) is 2.19. The molecule has 0 heterocycles. The van der Waals surface area contributed by atoms with Crippen LogP contribution in [0, 0.1) is 0 Å². The summed E-state index contributed by atoms with van der Waals surface area (Å²) in [7, 11) is 1.42. The summed E-state index contributed by atoms with van der Waals surface area (Å²) in [5.41, 5.74) is 0. The Hall–Kier alpha value is -0.830. The van der Waals surface area contributed by atoms with Crippen LogP contribution in [0.1, 0.15) is 25.7 Å². The fraction of sp³-hybridized carbons (Fsp3) is 0.700. The molecule has 1 unspecified atom stereocenters. The quantitative estimate of drug-likeness (QED) is 0.526. The average molecular weight is 183 g/mol. The van der Waals surface area contributed by atoms with Gasteiger partial charge in [0.25, 0.3) is 0 Å². The van der Waals surface area contributed by atoms with Crippen LogP contribution >= 0.6 is 0 Å². The third kappa shape index (κ3) is 4.08. The Bertz CT molecular complexity index is 189. The van der Waals surface area contributed by atoms with Crippen molar-refractivity contribution in [1.82, 2.24) is 5.32 Å². The molecule has 1 aliphatic rings. The summed E-state index contributed by atoms with van der Waals surface area (Å²) in [5.74, 6) is -0.140. The van der Waals surface area contributed by atoms with Crippen LogP contribution in [-0.2, 0) is 9.53 Å². The number of nitrogens with one attached hydrogen (secondary N) is 1. The van der Waals surface area contributed by atoms with Crippen molar-refractivity contribution in [2.75, 3.05) is 13.7 Å². The van der Waals surface area contributed by atoms with E-state index < -0.39 is 0 Å². The molecule has 0 radical (unpaired) electrons. The summed E-state index contributed by atoms with van der Waals surface area (Å²) in [6.07, 6.45) is 8.28. The summed E-state index contributed by atoms with van der Waals surface area (Å²) in [5, 5.41) is 3.33. The highest BCUT2D eigenvalue weighted by Gasteiger charge is 2.09.